The Labute approximate surface area is 120 Å². The average molecular weight is 271 g/mol. The summed E-state index contributed by atoms with van der Waals surface area (Å²) in [6.45, 7) is 5.09. The van der Waals surface area contributed by atoms with Gasteiger partial charge in [0.1, 0.15) is 11.4 Å². The van der Waals surface area contributed by atoms with Gasteiger partial charge in [-0.3, -0.25) is 9.97 Å². The number of aromatic nitrogens is 2. The van der Waals surface area contributed by atoms with Crippen molar-refractivity contribution in [3.63, 3.8) is 0 Å². The standard InChI is InChI=1S/C16H21N3O/c1-4-12-11-17-10-8-13(12)15(18-5-2)16-14(20-3)7-6-9-19-16/h6-11,15,18H,4-5H2,1-3H3. The van der Waals surface area contributed by atoms with E-state index in [0.29, 0.717) is 0 Å². The topological polar surface area (TPSA) is 47.0 Å². The van der Waals surface area contributed by atoms with E-state index in [4.69, 9.17) is 4.74 Å². The summed E-state index contributed by atoms with van der Waals surface area (Å²) in [5.74, 6) is 0.803. The molecule has 4 heteroatoms. The van der Waals surface area contributed by atoms with Gasteiger partial charge in [-0.2, -0.15) is 0 Å². The van der Waals surface area contributed by atoms with Crippen molar-refractivity contribution in [1.29, 1.82) is 0 Å². The van der Waals surface area contributed by atoms with E-state index in [-0.39, 0.29) is 6.04 Å². The van der Waals surface area contributed by atoms with Gasteiger partial charge in [-0.15, -0.1) is 0 Å². The maximum Gasteiger partial charge on any atom is 0.142 e. The molecular weight excluding hydrogens is 250 g/mol. The van der Waals surface area contributed by atoms with E-state index in [0.717, 1.165) is 24.4 Å². The SMILES string of the molecule is CCNC(c1ccncc1CC)c1ncccc1OC. The maximum atomic E-state index is 5.45. The van der Waals surface area contributed by atoms with E-state index >= 15 is 0 Å². The zero-order valence-electron chi connectivity index (χ0n) is 12.3. The highest BCUT2D eigenvalue weighted by atomic mass is 16.5. The summed E-state index contributed by atoms with van der Waals surface area (Å²) in [5, 5.41) is 3.49. The van der Waals surface area contributed by atoms with Gasteiger partial charge in [0.15, 0.2) is 0 Å². The van der Waals surface area contributed by atoms with Crippen LogP contribution in [0.2, 0.25) is 0 Å². The highest BCUT2D eigenvalue weighted by Crippen LogP contribution is 2.29. The molecule has 0 amide bonds. The Bertz CT molecular complexity index is 509. The van der Waals surface area contributed by atoms with Crippen LogP contribution in [0.5, 0.6) is 5.75 Å². The van der Waals surface area contributed by atoms with Crippen LogP contribution in [0.4, 0.5) is 0 Å². The predicted molar refractivity (Wildman–Crippen MR) is 79.9 cm³/mol. The molecule has 0 aliphatic rings. The molecule has 1 unspecified atom stereocenters. The Morgan fingerprint density at radius 3 is 2.80 bits per heavy atom. The van der Waals surface area contributed by atoms with E-state index in [9.17, 15) is 0 Å². The molecule has 0 aliphatic heterocycles. The van der Waals surface area contributed by atoms with Gasteiger partial charge in [-0.05, 0) is 42.3 Å². The summed E-state index contributed by atoms with van der Waals surface area (Å²) in [5.41, 5.74) is 3.35. The Balaban J connectivity index is 2.50. The van der Waals surface area contributed by atoms with E-state index in [1.165, 1.54) is 11.1 Å². The minimum Gasteiger partial charge on any atom is -0.495 e. The molecule has 106 valence electrons. The Morgan fingerprint density at radius 2 is 2.10 bits per heavy atom. The van der Waals surface area contributed by atoms with Crippen LogP contribution in [-0.2, 0) is 6.42 Å². The number of pyridine rings is 2. The summed E-state index contributed by atoms with van der Waals surface area (Å²) < 4.78 is 5.45. The molecule has 0 spiro atoms. The van der Waals surface area contributed by atoms with Crippen molar-refractivity contribution in [3.05, 3.63) is 53.6 Å². The van der Waals surface area contributed by atoms with Crippen LogP contribution in [0.25, 0.3) is 0 Å². The molecule has 4 nitrogen and oxygen atoms in total. The first-order valence-corrected chi connectivity index (χ1v) is 6.96. The third-order valence-corrected chi connectivity index (χ3v) is 3.33. The first-order valence-electron chi connectivity index (χ1n) is 6.96. The van der Waals surface area contributed by atoms with Crippen LogP contribution in [-0.4, -0.2) is 23.6 Å². The second-order valence-electron chi connectivity index (χ2n) is 4.51. The van der Waals surface area contributed by atoms with Crippen LogP contribution >= 0.6 is 0 Å². The first-order chi connectivity index (χ1) is 9.81. The number of nitrogens with zero attached hydrogens (tertiary/aromatic N) is 2. The van der Waals surface area contributed by atoms with Crippen molar-refractivity contribution in [2.75, 3.05) is 13.7 Å². The zero-order valence-corrected chi connectivity index (χ0v) is 12.3. The highest BCUT2D eigenvalue weighted by molar-refractivity contribution is 5.39. The second kappa shape index (κ2) is 7.01. The van der Waals surface area contributed by atoms with Crippen molar-refractivity contribution >= 4 is 0 Å². The highest BCUT2D eigenvalue weighted by Gasteiger charge is 2.20. The molecule has 2 rings (SSSR count). The summed E-state index contributed by atoms with van der Waals surface area (Å²) in [4.78, 5) is 8.73. The largest absolute Gasteiger partial charge is 0.495 e. The minimum absolute atomic E-state index is 0.0223. The van der Waals surface area contributed by atoms with Gasteiger partial charge >= 0.3 is 0 Å². The van der Waals surface area contributed by atoms with E-state index < -0.39 is 0 Å². The lowest BCUT2D eigenvalue weighted by molar-refractivity contribution is 0.400. The van der Waals surface area contributed by atoms with Gasteiger partial charge in [0, 0.05) is 18.6 Å². The van der Waals surface area contributed by atoms with Gasteiger partial charge in [-0.1, -0.05) is 13.8 Å². The van der Waals surface area contributed by atoms with Crippen molar-refractivity contribution in [2.45, 2.75) is 26.3 Å². The van der Waals surface area contributed by atoms with Crippen LogP contribution in [0.1, 0.15) is 36.7 Å². The van der Waals surface area contributed by atoms with Crippen LogP contribution in [0, 0.1) is 0 Å². The fourth-order valence-corrected chi connectivity index (χ4v) is 2.37. The quantitative estimate of drug-likeness (QED) is 0.877. The molecule has 0 saturated heterocycles. The Kier molecular flexibility index (Phi) is 5.07. The average Bonchev–Trinajstić information content (AvgIpc) is 2.52. The van der Waals surface area contributed by atoms with E-state index in [1.54, 1.807) is 13.3 Å². The molecule has 2 heterocycles. The molecule has 0 aromatic carbocycles. The van der Waals surface area contributed by atoms with E-state index in [2.05, 4.69) is 35.2 Å². The molecule has 0 fully saturated rings. The molecular formula is C16H21N3O. The summed E-state index contributed by atoms with van der Waals surface area (Å²) in [7, 11) is 1.68. The normalized spacial score (nSPS) is 12.2. The number of ether oxygens (including phenoxy) is 1. The fraction of sp³-hybridized carbons (Fsp3) is 0.375. The molecule has 0 radical (unpaired) electrons. The fourth-order valence-electron chi connectivity index (χ4n) is 2.37. The molecule has 0 saturated carbocycles. The molecule has 1 atom stereocenters. The van der Waals surface area contributed by atoms with Gasteiger partial charge in [-0.25, -0.2) is 0 Å². The lowest BCUT2D eigenvalue weighted by Gasteiger charge is -2.22. The molecule has 2 aromatic rings. The second-order valence-corrected chi connectivity index (χ2v) is 4.51. The van der Waals surface area contributed by atoms with Gasteiger partial charge < -0.3 is 10.1 Å². The number of nitrogens with one attached hydrogen (secondary N) is 1. The molecule has 2 aromatic heterocycles. The third kappa shape index (κ3) is 2.96. The first kappa shape index (κ1) is 14.5. The van der Waals surface area contributed by atoms with Crippen LogP contribution in [0.3, 0.4) is 0 Å². The van der Waals surface area contributed by atoms with Gasteiger partial charge in [0.05, 0.1) is 13.2 Å². The summed E-state index contributed by atoms with van der Waals surface area (Å²) in [6.07, 6.45) is 6.50. The van der Waals surface area contributed by atoms with Crippen molar-refractivity contribution in [2.24, 2.45) is 0 Å². The number of rotatable bonds is 6. The van der Waals surface area contributed by atoms with Gasteiger partial charge in [0.2, 0.25) is 0 Å². The van der Waals surface area contributed by atoms with Crippen molar-refractivity contribution < 1.29 is 4.74 Å². The third-order valence-electron chi connectivity index (χ3n) is 3.33. The minimum atomic E-state index is 0.0223. The smallest absolute Gasteiger partial charge is 0.142 e. The molecule has 1 N–H and O–H groups in total. The van der Waals surface area contributed by atoms with Crippen LogP contribution in [0.15, 0.2) is 36.8 Å². The van der Waals surface area contributed by atoms with Crippen molar-refractivity contribution in [1.82, 2.24) is 15.3 Å². The summed E-state index contributed by atoms with van der Waals surface area (Å²) in [6, 6.07) is 5.91. The molecule has 20 heavy (non-hydrogen) atoms. The monoisotopic (exact) mass is 271 g/mol. The predicted octanol–water partition coefficient (Wildman–Crippen LogP) is 2.75. The van der Waals surface area contributed by atoms with Crippen molar-refractivity contribution in [3.8, 4) is 5.75 Å². The van der Waals surface area contributed by atoms with E-state index in [1.807, 2.05) is 24.5 Å². The molecule has 0 bridgehead atoms. The van der Waals surface area contributed by atoms with Gasteiger partial charge in [0.25, 0.3) is 0 Å². The Hall–Kier alpha value is -1.94. The number of aryl methyl sites for hydroxylation is 1. The van der Waals surface area contributed by atoms with Crippen LogP contribution < -0.4 is 10.1 Å². The zero-order chi connectivity index (χ0) is 14.4. The summed E-state index contributed by atoms with van der Waals surface area (Å²) >= 11 is 0. The maximum absolute atomic E-state index is 5.45. The lowest BCUT2D eigenvalue weighted by Crippen LogP contribution is -2.24. The molecule has 0 aliphatic carbocycles. The number of hydrogen-bond donors (Lipinski definition) is 1. The Morgan fingerprint density at radius 1 is 1.25 bits per heavy atom. The lowest BCUT2D eigenvalue weighted by atomic mass is 9.97. The number of hydrogen-bond acceptors (Lipinski definition) is 4. The number of methoxy groups -OCH3 is 1.